The number of hydrogen-bond donors (Lipinski definition) is 2. The molecule has 0 saturated carbocycles. The molecule has 0 aromatic heterocycles. The highest BCUT2D eigenvalue weighted by atomic mass is 127. The lowest BCUT2D eigenvalue weighted by atomic mass is 10.1. The third kappa shape index (κ3) is 1.67. The van der Waals surface area contributed by atoms with Gasteiger partial charge >= 0.3 is 0 Å². The van der Waals surface area contributed by atoms with E-state index in [1.165, 1.54) is 7.11 Å². The highest BCUT2D eigenvalue weighted by Crippen LogP contribution is 2.28. The van der Waals surface area contributed by atoms with E-state index in [0.717, 1.165) is 0 Å². The Morgan fingerprint density at radius 2 is 2.17 bits per heavy atom. The molecule has 0 spiro atoms. The summed E-state index contributed by atoms with van der Waals surface area (Å²) in [4.78, 5) is 0. The van der Waals surface area contributed by atoms with Crippen LogP contribution < -0.4 is 0 Å². The van der Waals surface area contributed by atoms with Crippen molar-refractivity contribution < 1.29 is 19.7 Å². The molecule has 5 heteroatoms. The zero-order valence-corrected chi connectivity index (χ0v) is 8.98. The number of methoxy groups -OCH3 is 1. The van der Waals surface area contributed by atoms with Crippen LogP contribution in [0.15, 0.2) is 11.5 Å². The summed E-state index contributed by atoms with van der Waals surface area (Å²) in [5.41, 5.74) is 0. The van der Waals surface area contributed by atoms with Crippen LogP contribution in [0.25, 0.3) is 0 Å². The van der Waals surface area contributed by atoms with Gasteiger partial charge in [-0.1, -0.05) is 0 Å². The largest absolute Gasteiger partial charge is 0.506 e. The van der Waals surface area contributed by atoms with Crippen LogP contribution in [0, 0.1) is 0 Å². The molecule has 1 heterocycles. The molecule has 0 saturated heterocycles. The van der Waals surface area contributed by atoms with E-state index in [1.807, 2.05) is 22.6 Å². The van der Waals surface area contributed by atoms with Gasteiger partial charge in [0.05, 0.1) is 13.2 Å². The van der Waals surface area contributed by atoms with E-state index in [9.17, 15) is 10.2 Å². The molecule has 0 aromatic rings. The van der Waals surface area contributed by atoms with Crippen LogP contribution in [-0.2, 0) is 9.47 Å². The monoisotopic (exact) mass is 286 g/mol. The highest BCUT2D eigenvalue weighted by Gasteiger charge is 2.34. The second-order valence-electron chi connectivity index (χ2n) is 2.56. The Labute approximate surface area is 84.3 Å². The second-order valence-corrected chi connectivity index (χ2v) is 3.69. The van der Waals surface area contributed by atoms with Gasteiger partial charge in [-0.3, -0.25) is 0 Å². The van der Waals surface area contributed by atoms with E-state index in [4.69, 9.17) is 9.47 Å². The molecule has 4 nitrogen and oxygen atoms in total. The number of alkyl halides is 1. The smallest absolute Gasteiger partial charge is 0.172 e. The number of aliphatic hydroxyl groups excluding tert-OH is 2. The summed E-state index contributed by atoms with van der Waals surface area (Å²) in [5, 5.41) is 18.8. The molecule has 0 amide bonds. The zero-order valence-electron chi connectivity index (χ0n) is 6.82. The van der Waals surface area contributed by atoms with E-state index >= 15 is 0 Å². The maximum absolute atomic E-state index is 9.45. The minimum Gasteiger partial charge on any atom is -0.506 e. The Morgan fingerprint density at radius 3 is 2.67 bits per heavy atom. The second kappa shape index (κ2) is 3.80. The predicted octanol–water partition coefficient (Wildman–Crippen LogP) is 0.943. The molecule has 0 bridgehead atoms. The molecule has 2 N–H and O–H groups in total. The van der Waals surface area contributed by atoms with Crippen molar-refractivity contribution in [3.05, 3.63) is 11.5 Å². The van der Waals surface area contributed by atoms with Crippen molar-refractivity contribution in [2.75, 3.05) is 7.11 Å². The van der Waals surface area contributed by atoms with Crippen molar-refractivity contribution in [1.29, 1.82) is 0 Å². The molecule has 1 aliphatic rings. The summed E-state index contributed by atoms with van der Waals surface area (Å²) in [6, 6.07) is 0. The number of hydrogen-bond acceptors (Lipinski definition) is 4. The Kier molecular flexibility index (Phi) is 3.19. The highest BCUT2D eigenvalue weighted by molar-refractivity contribution is 14.1. The fourth-order valence-electron chi connectivity index (χ4n) is 1.03. The molecule has 1 rings (SSSR count). The van der Waals surface area contributed by atoms with Gasteiger partial charge in [0.1, 0.15) is 6.10 Å². The first-order valence-electron chi connectivity index (χ1n) is 3.52. The van der Waals surface area contributed by atoms with Gasteiger partial charge in [-0.05, 0) is 29.5 Å². The van der Waals surface area contributed by atoms with Crippen LogP contribution in [0.3, 0.4) is 0 Å². The molecule has 0 fully saturated rings. The minimum absolute atomic E-state index is 0.0382. The number of rotatable bonds is 1. The molecule has 0 radical (unpaired) electrons. The summed E-state index contributed by atoms with van der Waals surface area (Å²) in [7, 11) is 1.41. The summed E-state index contributed by atoms with van der Waals surface area (Å²) >= 11 is 1.93. The molecule has 0 aromatic carbocycles. The summed E-state index contributed by atoms with van der Waals surface area (Å²) < 4.78 is 9.61. The van der Waals surface area contributed by atoms with Crippen molar-refractivity contribution in [3.63, 3.8) is 0 Å². The van der Waals surface area contributed by atoms with Gasteiger partial charge in [-0.25, -0.2) is 0 Å². The average Bonchev–Trinajstić information content (AvgIpc) is 2.02. The lowest BCUT2D eigenvalue weighted by molar-refractivity contribution is -0.0629. The van der Waals surface area contributed by atoms with Crippen LogP contribution in [0.1, 0.15) is 6.92 Å². The maximum Gasteiger partial charge on any atom is 0.172 e. The average molecular weight is 286 g/mol. The minimum atomic E-state index is -0.874. The number of ether oxygens (including phenoxy) is 2. The van der Waals surface area contributed by atoms with Gasteiger partial charge in [0, 0.05) is 0 Å². The van der Waals surface area contributed by atoms with Crippen LogP contribution >= 0.6 is 22.6 Å². The number of halogens is 1. The quantitative estimate of drug-likeness (QED) is 0.556. The molecular weight excluding hydrogens is 275 g/mol. The van der Waals surface area contributed by atoms with Crippen molar-refractivity contribution in [2.45, 2.75) is 23.2 Å². The Hall–Kier alpha value is -0.0100. The standard InChI is InChI=1S/C7H11IO4/c1-3-4(9)6(11-2)5(10)7(8)12-3/h3-4,7,9-10H,1-2H3/t3?,4-,7+/m0/s1. The number of aliphatic hydroxyl groups is 2. The molecule has 0 aliphatic carbocycles. The summed E-state index contributed by atoms with van der Waals surface area (Å²) in [5.74, 6) is 0.164. The van der Waals surface area contributed by atoms with E-state index < -0.39 is 10.2 Å². The summed E-state index contributed by atoms with van der Waals surface area (Å²) in [6.07, 6.45) is -1.22. The Bertz CT molecular complexity index is 204. The van der Waals surface area contributed by atoms with Crippen molar-refractivity contribution in [2.24, 2.45) is 0 Å². The third-order valence-corrected chi connectivity index (χ3v) is 2.62. The first-order valence-corrected chi connectivity index (χ1v) is 4.77. The Morgan fingerprint density at radius 1 is 1.58 bits per heavy atom. The van der Waals surface area contributed by atoms with E-state index in [0.29, 0.717) is 0 Å². The van der Waals surface area contributed by atoms with Gasteiger partial charge in [0.15, 0.2) is 15.6 Å². The van der Waals surface area contributed by atoms with Gasteiger partial charge in [0.2, 0.25) is 0 Å². The van der Waals surface area contributed by atoms with Gasteiger partial charge in [-0.2, -0.15) is 0 Å². The molecular formula is C7H11IO4. The zero-order chi connectivity index (χ0) is 9.30. The van der Waals surface area contributed by atoms with Crippen molar-refractivity contribution in [1.82, 2.24) is 0 Å². The fourth-order valence-corrected chi connectivity index (χ4v) is 1.80. The maximum atomic E-state index is 9.45. The lowest BCUT2D eigenvalue weighted by Crippen LogP contribution is -2.37. The van der Waals surface area contributed by atoms with E-state index in [1.54, 1.807) is 6.92 Å². The van der Waals surface area contributed by atoms with E-state index in [2.05, 4.69) is 0 Å². The van der Waals surface area contributed by atoms with Crippen LogP contribution in [-0.4, -0.2) is 33.6 Å². The molecule has 1 unspecified atom stereocenters. The van der Waals surface area contributed by atoms with Crippen molar-refractivity contribution >= 4 is 22.6 Å². The van der Waals surface area contributed by atoms with Crippen LogP contribution in [0.4, 0.5) is 0 Å². The molecule has 12 heavy (non-hydrogen) atoms. The molecule has 1 aliphatic heterocycles. The normalized spacial score (nSPS) is 36.8. The summed E-state index contributed by atoms with van der Waals surface area (Å²) in [6.45, 7) is 1.72. The van der Waals surface area contributed by atoms with Crippen LogP contribution in [0.5, 0.6) is 0 Å². The first kappa shape index (κ1) is 10.1. The topological polar surface area (TPSA) is 58.9 Å². The van der Waals surface area contributed by atoms with Gasteiger partial charge in [-0.15, -0.1) is 0 Å². The van der Waals surface area contributed by atoms with Crippen molar-refractivity contribution in [3.8, 4) is 0 Å². The third-order valence-electron chi connectivity index (χ3n) is 1.73. The fraction of sp³-hybridized carbons (Fsp3) is 0.714. The van der Waals surface area contributed by atoms with E-state index in [-0.39, 0.29) is 17.6 Å². The van der Waals surface area contributed by atoms with Gasteiger partial charge in [0.25, 0.3) is 0 Å². The molecule has 3 atom stereocenters. The van der Waals surface area contributed by atoms with Crippen LogP contribution in [0.2, 0.25) is 0 Å². The first-order chi connectivity index (χ1) is 5.57. The molecule has 70 valence electrons. The predicted molar refractivity (Wildman–Crippen MR) is 51.0 cm³/mol. The lowest BCUT2D eigenvalue weighted by Gasteiger charge is -2.29. The Balaban J connectivity index is 2.92. The SMILES string of the molecule is COC1=C(O)[C@H](I)OC(C)[C@@H]1O. The van der Waals surface area contributed by atoms with Gasteiger partial charge < -0.3 is 19.7 Å².